The molecule has 0 unspecified atom stereocenters. The lowest BCUT2D eigenvalue weighted by Crippen LogP contribution is -2.35. The summed E-state index contributed by atoms with van der Waals surface area (Å²) in [5, 5.41) is 17.5. The van der Waals surface area contributed by atoms with Crippen LogP contribution in [0.4, 0.5) is 5.69 Å². The van der Waals surface area contributed by atoms with Crippen LogP contribution in [-0.2, 0) is 23.1 Å². The van der Waals surface area contributed by atoms with Crippen LogP contribution < -0.4 is 10.6 Å². The summed E-state index contributed by atoms with van der Waals surface area (Å²) in [6.07, 6.45) is 3.53. The van der Waals surface area contributed by atoms with E-state index in [2.05, 4.69) is 0 Å². The van der Waals surface area contributed by atoms with Crippen molar-refractivity contribution < 1.29 is 19.5 Å². The normalized spacial score (nSPS) is 10.8. The van der Waals surface area contributed by atoms with Gasteiger partial charge in [-0.15, -0.1) is 0 Å². The number of aryl methyl sites for hydroxylation is 2. The highest BCUT2D eigenvalue weighted by Gasteiger charge is 2.20. The lowest BCUT2D eigenvalue weighted by atomic mass is 10.0. The topological polar surface area (TPSA) is 129 Å². The lowest BCUT2D eigenvalue weighted by molar-refractivity contribution is -0.136. The van der Waals surface area contributed by atoms with Crippen LogP contribution in [0, 0.1) is 5.41 Å². The van der Waals surface area contributed by atoms with Gasteiger partial charge in [0.25, 0.3) is 0 Å². The molecule has 0 aliphatic rings. The number of carbonyl (C=O) groups excluding carboxylic acids is 2. The number of aromatic nitrogens is 1. The number of carboxylic acid groups (broad SMARTS) is 1. The van der Waals surface area contributed by atoms with E-state index in [4.69, 9.17) is 11.1 Å². The Morgan fingerprint density at radius 1 is 1.09 bits per heavy atom. The molecule has 0 aliphatic heterocycles. The fraction of sp³-hybridized carbons (Fsp3) is 0.280. The summed E-state index contributed by atoms with van der Waals surface area (Å²) in [6, 6.07) is 12.5. The third-order valence-corrected chi connectivity index (χ3v) is 5.55. The molecule has 172 valence electrons. The SMILES string of the molecule is CCCC(=O)N(CC(=O)O)c1ccc2c(C(=O)CCc3ccc(C(=N)N)cc3)cn(C)c2c1. The zero-order valence-electron chi connectivity index (χ0n) is 18.8. The number of ketones is 1. The number of nitrogens with one attached hydrogen (secondary N) is 1. The van der Waals surface area contributed by atoms with E-state index in [-0.39, 0.29) is 23.9 Å². The Labute approximate surface area is 192 Å². The zero-order valence-corrected chi connectivity index (χ0v) is 18.8. The molecule has 3 aromatic rings. The van der Waals surface area contributed by atoms with Crippen LogP contribution in [0.2, 0.25) is 0 Å². The first-order valence-corrected chi connectivity index (χ1v) is 10.8. The molecule has 4 N–H and O–H groups in total. The van der Waals surface area contributed by atoms with Crippen molar-refractivity contribution in [2.75, 3.05) is 11.4 Å². The van der Waals surface area contributed by atoms with Gasteiger partial charge in [-0.1, -0.05) is 37.3 Å². The van der Waals surface area contributed by atoms with E-state index in [9.17, 15) is 19.5 Å². The van der Waals surface area contributed by atoms with Gasteiger partial charge in [-0.2, -0.15) is 0 Å². The van der Waals surface area contributed by atoms with Crippen LogP contribution in [0.1, 0.15) is 47.7 Å². The molecule has 1 amide bonds. The predicted molar refractivity (Wildman–Crippen MR) is 128 cm³/mol. The second kappa shape index (κ2) is 10.1. The number of fused-ring (bicyclic) bond motifs is 1. The summed E-state index contributed by atoms with van der Waals surface area (Å²) in [5.41, 5.74) is 8.93. The van der Waals surface area contributed by atoms with Crippen molar-refractivity contribution in [1.29, 1.82) is 5.41 Å². The predicted octanol–water partition coefficient (Wildman–Crippen LogP) is 3.50. The van der Waals surface area contributed by atoms with Gasteiger partial charge in [0, 0.05) is 48.3 Å². The van der Waals surface area contributed by atoms with Crippen LogP contribution >= 0.6 is 0 Å². The minimum absolute atomic E-state index is 0.00562. The maximum Gasteiger partial charge on any atom is 0.323 e. The molecule has 8 nitrogen and oxygen atoms in total. The second-order valence-electron chi connectivity index (χ2n) is 8.01. The largest absolute Gasteiger partial charge is 0.480 e. The Bertz CT molecular complexity index is 1210. The molecule has 0 spiro atoms. The summed E-state index contributed by atoms with van der Waals surface area (Å²) < 4.78 is 1.82. The molecule has 33 heavy (non-hydrogen) atoms. The molecular formula is C25H28N4O4. The van der Waals surface area contributed by atoms with Gasteiger partial charge in [-0.05, 0) is 30.5 Å². The summed E-state index contributed by atoms with van der Waals surface area (Å²) in [5.74, 6) is -1.33. The molecule has 0 bridgehead atoms. The van der Waals surface area contributed by atoms with Crippen molar-refractivity contribution in [3.05, 3.63) is 65.4 Å². The quantitative estimate of drug-likeness (QED) is 0.248. The molecule has 1 aromatic heterocycles. The smallest absolute Gasteiger partial charge is 0.323 e. The minimum Gasteiger partial charge on any atom is -0.480 e. The van der Waals surface area contributed by atoms with Crippen molar-refractivity contribution in [2.45, 2.75) is 32.6 Å². The number of hydrogen-bond acceptors (Lipinski definition) is 4. The molecule has 0 radical (unpaired) electrons. The molecule has 0 saturated heterocycles. The van der Waals surface area contributed by atoms with Crippen molar-refractivity contribution >= 4 is 40.1 Å². The van der Waals surface area contributed by atoms with Crippen molar-refractivity contribution in [2.24, 2.45) is 12.8 Å². The number of amides is 1. The molecule has 1 heterocycles. The van der Waals surface area contributed by atoms with Crippen molar-refractivity contribution in [3.63, 3.8) is 0 Å². The number of carbonyl (C=O) groups is 3. The van der Waals surface area contributed by atoms with Crippen molar-refractivity contribution in [3.8, 4) is 0 Å². The van der Waals surface area contributed by atoms with E-state index >= 15 is 0 Å². The molecule has 0 fully saturated rings. The Hall–Kier alpha value is -3.94. The second-order valence-corrected chi connectivity index (χ2v) is 8.01. The number of benzene rings is 2. The zero-order chi connectivity index (χ0) is 24.1. The third-order valence-electron chi connectivity index (χ3n) is 5.55. The first-order valence-electron chi connectivity index (χ1n) is 10.8. The molecule has 8 heteroatoms. The van der Waals surface area contributed by atoms with Gasteiger partial charge in [0.1, 0.15) is 12.4 Å². The number of nitrogens with two attached hydrogens (primary N) is 1. The highest BCUT2D eigenvalue weighted by Crippen LogP contribution is 2.28. The number of nitrogens with zero attached hydrogens (tertiary/aromatic N) is 2. The van der Waals surface area contributed by atoms with Gasteiger partial charge in [-0.3, -0.25) is 19.8 Å². The van der Waals surface area contributed by atoms with E-state index in [1.807, 2.05) is 30.7 Å². The van der Waals surface area contributed by atoms with Gasteiger partial charge in [0.15, 0.2) is 5.78 Å². The summed E-state index contributed by atoms with van der Waals surface area (Å²) >= 11 is 0. The first-order chi connectivity index (χ1) is 15.7. The van der Waals surface area contributed by atoms with Gasteiger partial charge < -0.3 is 20.3 Å². The van der Waals surface area contributed by atoms with Crippen LogP contribution in [0.5, 0.6) is 0 Å². The van der Waals surface area contributed by atoms with Crippen LogP contribution in [0.15, 0.2) is 48.7 Å². The number of anilines is 1. The maximum absolute atomic E-state index is 13.0. The summed E-state index contributed by atoms with van der Waals surface area (Å²) in [7, 11) is 1.82. The monoisotopic (exact) mass is 448 g/mol. The Morgan fingerprint density at radius 2 is 1.79 bits per heavy atom. The number of hydrogen-bond donors (Lipinski definition) is 3. The van der Waals surface area contributed by atoms with Crippen LogP contribution in [0.25, 0.3) is 10.9 Å². The van der Waals surface area contributed by atoms with E-state index in [1.54, 1.807) is 36.5 Å². The molecule has 0 atom stereocenters. The average molecular weight is 449 g/mol. The van der Waals surface area contributed by atoms with Crippen LogP contribution in [0.3, 0.4) is 0 Å². The Balaban J connectivity index is 1.83. The fourth-order valence-electron chi connectivity index (χ4n) is 3.81. The minimum atomic E-state index is -1.08. The first kappa shape index (κ1) is 23.7. The Kier molecular flexibility index (Phi) is 7.27. The molecule has 2 aromatic carbocycles. The average Bonchev–Trinajstić information content (AvgIpc) is 3.12. The lowest BCUT2D eigenvalue weighted by Gasteiger charge is -2.21. The number of rotatable bonds is 10. The highest BCUT2D eigenvalue weighted by atomic mass is 16.4. The standard InChI is InChI=1S/C25H28N4O4/c1-3-4-23(31)29(15-24(32)33)18-10-11-19-20(14-28(2)21(19)13-18)22(30)12-7-16-5-8-17(9-6-16)25(26)27/h5-6,8-11,13-14H,3-4,7,12,15H2,1-2H3,(H3,26,27)(H,32,33). The summed E-state index contributed by atoms with van der Waals surface area (Å²) in [6.45, 7) is 1.45. The van der Waals surface area contributed by atoms with Gasteiger partial charge in [0.05, 0.1) is 5.52 Å². The number of amidine groups is 1. The maximum atomic E-state index is 13.0. The molecule has 3 rings (SSSR count). The number of carboxylic acids is 1. The van der Waals surface area contributed by atoms with Gasteiger partial charge >= 0.3 is 5.97 Å². The summed E-state index contributed by atoms with van der Waals surface area (Å²) in [4.78, 5) is 38.0. The van der Waals surface area contributed by atoms with E-state index in [1.165, 1.54) is 4.90 Å². The van der Waals surface area contributed by atoms with Crippen molar-refractivity contribution in [1.82, 2.24) is 4.57 Å². The molecular weight excluding hydrogens is 420 g/mol. The third kappa shape index (κ3) is 5.46. The van der Waals surface area contributed by atoms with Gasteiger partial charge in [0.2, 0.25) is 5.91 Å². The van der Waals surface area contributed by atoms with E-state index < -0.39 is 12.5 Å². The van der Waals surface area contributed by atoms with E-state index in [0.717, 1.165) is 16.5 Å². The number of aliphatic carboxylic acids is 1. The highest BCUT2D eigenvalue weighted by molar-refractivity contribution is 6.09. The van der Waals surface area contributed by atoms with Crippen LogP contribution in [-0.4, -0.2) is 39.7 Å². The number of nitrogen functional groups attached to an aromatic ring is 1. The van der Waals surface area contributed by atoms with Gasteiger partial charge in [-0.25, -0.2) is 0 Å². The fourth-order valence-corrected chi connectivity index (χ4v) is 3.81. The molecule has 0 aliphatic carbocycles. The van der Waals surface area contributed by atoms with E-state index in [0.29, 0.717) is 36.1 Å². The number of Topliss-reactive ketones (excluding diaryl/α,β-unsaturated/α-hetero) is 1. The molecule has 0 saturated carbocycles. The Morgan fingerprint density at radius 3 is 2.39 bits per heavy atom.